The molecule has 3 N–H and O–H groups in total. The van der Waals surface area contributed by atoms with Crippen LogP contribution >= 0.6 is 0 Å². The predicted molar refractivity (Wildman–Crippen MR) is 64.3 cm³/mol. The molecule has 1 aliphatic rings. The molecule has 1 aliphatic heterocycles. The number of hydrogen-bond acceptors (Lipinski definition) is 3. The van der Waals surface area contributed by atoms with E-state index >= 15 is 0 Å². The van der Waals surface area contributed by atoms with Crippen LogP contribution in [0.5, 0.6) is 0 Å². The first-order chi connectivity index (χ1) is 7.88. The molecule has 0 bridgehead atoms. The van der Waals surface area contributed by atoms with Gasteiger partial charge in [-0.2, -0.15) is 0 Å². The Balaban J connectivity index is 2.64. The molecule has 0 aliphatic carbocycles. The first kappa shape index (κ1) is 14.0. The normalized spacial score (nSPS) is 27.9. The molecule has 0 aromatic carbocycles. The van der Waals surface area contributed by atoms with Crippen LogP contribution in [-0.4, -0.2) is 41.0 Å². The molecule has 5 heteroatoms. The van der Waals surface area contributed by atoms with Gasteiger partial charge in [-0.3, -0.25) is 9.59 Å². The monoisotopic (exact) mass is 242 g/mol. The number of nitrogens with two attached hydrogens (primary N) is 1. The highest BCUT2D eigenvalue weighted by molar-refractivity contribution is 5.83. The maximum atomic E-state index is 12.1. The molecule has 1 heterocycles. The third-order valence-corrected chi connectivity index (χ3v) is 3.78. The average molecular weight is 242 g/mol. The smallest absolute Gasteiger partial charge is 0.308 e. The average Bonchev–Trinajstić information content (AvgIpc) is 2.68. The second kappa shape index (κ2) is 5.49. The van der Waals surface area contributed by atoms with Gasteiger partial charge in [0.05, 0.1) is 12.0 Å². The van der Waals surface area contributed by atoms with Crippen LogP contribution in [0.4, 0.5) is 0 Å². The zero-order chi connectivity index (χ0) is 13.2. The van der Waals surface area contributed by atoms with Crippen molar-refractivity contribution >= 4 is 11.9 Å². The Kier molecular flexibility index (Phi) is 4.51. The van der Waals surface area contributed by atoms with Gasteiger partial charge in [-0.1, -0.05) is 27.2 Å². The fraction of sp³-hybridized carbons (Fsp3) is 0.833. The molecule has 1 unspecified atom stereocenters. The second-order valence-corrected chi connectivity index (χ2v) is 5.08. The molecular formula is C12H22N2O3. The fourth-order valence-electron chi connectivity index (χ4n) is 2.18. The fourth-order valence-corrected chi connectivity index (χ4v) is 2.18. The number of carboxylic acids is 1. The lowest BCUT2D eigenvalue weighted by Crippen LogP contribution is -2.46. The number of hydrogen-bond donors (Lipinski definition) is 2. The van der Waals surface area contributed by atoms with Crippen LogP contribution in [0, 0.1) is 17.8 Å². The first-order valence-electron chi connectivity index (χ1n) is 6.15. The largest absolute Gasteiger partial charge is 0.481 e. The number of carbonyl (C=O) groups is 2. The number of nitrogens with zero attached hydrogens (tertiary/aromatic N) is 1. The molecule has 5 nitrogen and oxygen atoms in total. The van der Waals surface area contributed by atoms with Crippen LogP contribution in [-0.2, 0) is 9.59 Å². The Morgan fingerprint density at radius 3 is 2.47 bits per heavy atom. The molecule has 4 atom stereocenters. The Labute approximate surface area is 102 Å². The molecule has 0 aromatic heterocycles. The van der Waals surface area contributed by atoms with Crippen molar-refractivity contribution in [2.24, 2.45) is 23.5 Å². The number of likely N-dealkylation sites (tertiary alicyclic amines) is 1. The van der Waals surface area contributed by atoms with E-state index in [1.807, 2.05) is 20.8 Å². The van der Waals surface area contributed by atoms with Crippen molar-refractivity contribution in [3.8, 4) is 0 Å². The number of carbonyl (C=O) groups excluding carboxylic acids is 1. The van der Waals surface area contributed by atoms with E-state index in [9.17, 15) is 9.59 Å². The Morgan fingerprint density at radius 2 is 2.06 bits per heavy atom. The summed E-state index contributed by atoms with van der Waals surface area (Å²) in [5.41, 5.74) is 5.88. The van der Waals surface area contributed by atoms with Gasteiger partial charge in [-0.15, -0.1) is 0 Å². The summed E-state index contributed by atoms with van der Waals surface area (Å²) in [5.74, 6) is -1.27. The van der Waals surface area contributed by atoms with Crippen molar-refractivity contribution in [2.45, 2.75) is 33.2 Å². The second-order valence-electron chi connectivity index (χ2n) is 5.08. The summed E-state index contributed by atoms with van der Waals surface area (Å²) >= 11 is 0. The predicted octanol–water partition coefficient (Wildman–Crippen LogP) is 0.539. The summed E-state index contributed by atoms with van der Waals surface area (Å²) in [7, 11) is 0. The minimum Gasteiger partial charge on any atom is -0.481 e. The van der Waals surface area contributed by atoms with Crippen LogP contribution in [0.2, 0.25) is 0 Å². The van der Waals surface area contributed by atoms with Gasteiger partial charge in [0.1, 0.15) is 0 Å². The van der Waals surface area contributed by atoms with Crippen molar-refractivity contribution in [1.29, 1.82) is 0 Å². The topological polar surface area (TPSA) is 83.6 Å². The van der Waals surface area contributed by atoms with Crippen LogP contribution < -0.4 is 5.73 Å². The summed E-state index contributed by atoms with van der Waals surface area (Å²) in [5, 5.41) is 9.01. The van der Waals surface area contributed by atoms with E-state index in [-0.39, 0.29) is 17.7 Å². The van der Waals surface area contributed by atoms with Crippen LogP contribution in [0.25, 0.3) is 0 Å². The summed E-state index contributed by atoms with van der Waals surface area (Å²) in [6.45, 7) is 6.58. The minimum atomic E-state index is -0.829. The van der Waals surface area contributed by atoms with Crippen molar-refractivity contribution in [1.82, 2.24) is 4.90 Å². The van der Waals surface area contributed by atoms with E-state index in [1.54, 1.807) is 4.90 Å². The highest BCUT2D eigenvalue weighted by Crippen LogP contribution is 2.24. The zero-order valence-electron chi connectivity index (χ0n) is 10.7. The molecule has 1 fully saturated rings. The summed E-state index contributed by atoms with van der Waals surface area (Å²) < 4.78 is 0. The van der Waals surface area contributed by atoms with Gasteiger partial charge in [0, 0.05) is 13.1 Å². The van der Waals surface area contributed by atoms with Gasteiger partial charge in [0.25, 0.3) is 0 Å². The first-order valence-corrected chi connectivity index (χ1v) is 6.15. The number of rotatable bonds is 4. The van der Waals surface area contributed by atoms with Crippen LogP contribution in [0.3, 0.4) is 0 Å². The summed E-state index contributed by atoms with van der Waals surface area (Å²) in [4.78, 5) is 24.6. The van der Waals surface area contributed by atoms with E-state index in [2.05, 4.69) is 0 Å². The highest BCUT2D eigenvalue weighted by Gasteiger charge is 2.38. The molecule has 17 heavy (non-hydrogen) atoms. The number of carboxylic acid groups (broad SMARTS) is 1. The standard InChI is InChI=1S/C12H22N2O3/c1-4-7(2)10(13)11(15)14-5-8(3)9(6-14)12(16)17/h7-10H,4-6,13H2,1-3H3,(H,16,17)/t7?,8-,9-,10+/m1/s1. The third-order valence-electron chi connectivity index (χ3n) is 3.78. The molecule has 98 valence electrons. The van der Waals surface area contributed by atoms with Crippen LogP contribution in [0.1, 0.15) is 27.2 Å². The van der Waals surface area contributed by atoms with Gasteiger partial charge >= 0.3 is 5.97 Å². The van der Waals surface area contributed by atoms with Crippen LogP contribution in [0.15, 0.2) is 0 Å². The quantitative estimate of drug-likeness (QED) is 0.753. The van der Waals surface area contributed by atoms with E-state index in [4.69, 9.17) is 10.8 Å². The van der Waals surface area contributed by atoms with Crippen molar-refractivity contribution in [2.75, 3.05) is 13.1 Å². The minimum absolute atomic E-state index is 0.000539. The molecule has 0 spiro atoms. The SMILES string of the molecule is CCC(C)[C@H](N)C(=O)N1C[C@@H](C)[C@H](C(=O)O)C1. The molecule has 0 radical (unpaired) electrons. The lowest BCUT2D eigenvalue weighted by Gasteiger charge is -2.24. The molecule has 1 rings (SSSR count). The maximum absolute atomic E-state index is 12.1. The van der Waals surface area contributed by atoms with Crippen molar-refractivity contribution < 1.29 is 14.7 Å². The lowest BCUT2D eigenvalue weighted by molar-refractivity contribution is -0.142. The van der Waals surface area contributed by atoms with E-state index in [1.165, 1.54) is 0 Å². The van der Waals surface area contributed by atoms with Gasteiger partial charge in [0.2, 0.25) is 5.91 Å². The van der Waals surface area contributed by atoms with E-state index < -0.39 is 17.9 Å². The van der Waals surface area contributed by atoms with E-state index in [0.29, 0.717) is 13.1 Å². The molecular weight excluding hydrogens is 220 g/mol. The highest BCUT2D eigenvalue weighted by atomic mass is 16.4. The summed E-state index contributed by atoms with van der Waals surface area (Å²) in [6.07, 6.45) is 0.846. The van der Waals surface area contributed by atoms with Gasteiger partial charge in [-0.05, 0) is 11.8 Å². The third kappa shape index (κ3) is 2.97. The summed E-state index contributed by atoms with van der Waals surface area (Å²) in [6, 6.07) is -0.514. The van der Waals surface area contributed by atoms with Gasteiger partial charge < -0.3 is 15.7 Å². The van der Waals surface area contributed by atoms with Crippen molar-refractivity contribution in [3.05, 3.63) is 0 Å². The Hall–Kier alpha value is -1.10. The van der Waals surface area contributed by atoms with Crippen molar-refractivity contribution in [3.63, 3.8) is 0 Å². The lowest BCUT2D eigenvalue weighted by atomic mass is 9.99. The molecule has 1 saturated heterocycles. The van der Waals surface area contributed by atoms with Gasteiger partial charge in [-0.25, -0.2) is 0 Å². The molecule has 0 saturated carbocycles. The Bertz CT molecular complexity index is 306. The van der Waals surface area contributed by atoms with E-state index in [0.717, 1.165) is 6.42 Å². The molecule has 1 amide bonds. The Morgan fingerprint density at radius 1 is 1.47 bits per heavy atom. The van der Waals surface area contributed by atoms with Gasteiger partial charge in [0.15, 0.2) is 0 Å². The maximum Gasteiger partial charge on any atom is 0.308 e. The molecule has 0 aromatic rings. The number of aliphatic carboxylic acids is 1. The zero-order valence-corrected chi connectivity index (χ0v) is 10.7. The number of amides is 1.